The van der Waals surface area contributed by atoms with Gasteiger partial charge in [-0.25, -0.2) is 4.79 Å². The molecule has 3 aliphatic rings. The van der Waals surface area contributed by atoms with Gasteiger partial charge in [0, 0.05) is 11.6 Å². The highest BCUT2D eigenvalue weighted by Gasteiger charge is 2.42. The van der Waals surface area contributed by atoms with Crippen LogP contribution in [-0.2, 0) is 11.2 Å². The van der Waals surface area contributed by atoms with Crippen LogP contribution in [0.2, 0.25) is 0 Å². The van der Waals surface area contributed by atoms with Crippen LogP contribution in [0.4, 0.5) is 4.79 Å². The number of fused-ring (bicyclic) bond motifs is 3. The molecular formula is C28H25NO7. The maximum atomic E-state index is 13.6. The number of hydrogen-bond donors (Lipinski definition) is 1. The zero-order valence-corrected chi connectivity index (χ0v) is 19.7. The summed E-state index contributed by atoms with van der Waals surface area (Å²) < 4.78 is 28.3. The van der Waals surface area contributed by atoms with Crippen LogP contribution in [0.1, 0.15) is 52.0 Å². The molecule has 2 aliphatic heterocycles. The van der Waals surface area contributed by atoms with Crippen molar-refractivity contribution in [3.05, 3.63) is 82.9 Å². The van der Waals surface area contributed by atoms with Gasteiger partial charge in [0.1, 0.15) is 11.5 Å². The van der Waals surface area contributed by atoms with Crippen molar-refractivity contribution >= 4 is 11.9 Å². The maximum absolute atomic E-state index is 13.6. The topological polar surface area (TPSA) is 92.3 Å². The van der Waals surface area contributed by atoms with Crippen molar-refractivity contribution in [3.63, 3.8) is 0 Å². The van der Waals surface area contributed by atoms with Gasteiger partial charge in [0.05, 0.1) is 18.7 Å². The lowest BCUT2D eigenvalue weighted by molar-refractivity contribution is 0.00793. The Morgan fingerprint density at radius 2 is 1.86 bits per heavy atom. The molecule has 0 spiro atoms. The van der Waals surface area contributed by atoms with Gasteiger partial charge in [-0.2, -0.15) is 0 Å². The van der Waals surface area contributed by atoms with E-state index in [1.807, 2.05) is 18.2 Å². The molecule has 0 aromatic heterocycles. The number of methoxy groups -OCH3 is 1. The van der Waals surface area contributed by atoms with Crippen LogP contribution in [0.25, 0.3) is 0 Å². The van der Waals surface area contributed by atoms with Crippen molar-refractivity contribution in [3.8, 4) is 23.0 Å². The Morgan fingerprint density at radius 3 is 2.75 bits per heavy atom. The molecule has 36 heavy (non-hydrogen) atoms. The second-order valence-electron chi connectivity index (χ2n) is 8.99. The molecule has 0 fully saturated rings. The fraction of sp³-hybridized carbons (Fsp3) is 0.286. The third-order valence-electron chi connectivity index (χ3n) is 6.86. The fourth-order valence-electron chi connectivity index (χ4n) is 5.06. The minimum Gasteiger partial charge on any atom is -0.497 e. The van der Waals surface area contributed by atoms with E-state index >= 15 is 0 Å². The molecule has 3 aromatic carbocycles. The molecule has 0 radical (unpaired) electrons. The van der Waals surface area contributed by atoms with Gasteiger partial charge in [-0.15, -0.1) is 0 Å². The highest BCUT2D eigenvalue weighted by Crippen LogP contribution is 2.42. The molecule has 1 aliphatic carbocycles. The number of carbonyl (C=O) groups is 2. The second kappa shape index (κ2) is 9.11. The second-order valence-corrected chi connectivity index (χ2v) is 8.99. The summed E-state index contributed by atoms with van der Waals surface area (Å²) in [6.45, 7) is 0.120. The van der Waals surface area contributed by atoms with Crippen molar-refractivity contribution in [2.45, 2.75) is 37.5 Å². The normalized spacial score (nSPS) is 21.6. The molecule has 184 valence electrons. The van der Waals surface area contributed by atoms with Crippen LogP contribution >= 0.6 is 0 Å². The number of ether oxygens (including phenoxy) is 5. The van der Waals surface area contributed by atoms with Gasteiger partial charge >= 0.3 is 6.09 Å². The summed E-state index contributed by atoms with van der Waals surface area (Å²) in [6, 6.07) is 18.1. The molecule has 2 heterocycles. The lowest BCUT2D eigenvalue weighted by Crippen LogP contribution is -2.43. The summed E-state index contributed by atoms with van der Waals surface area (Å²) in [5.41, 5.74) is 3.25. The molecule has 8 heteroatoms. The van der Waals surface area contributed by atoms with Gasteiger partial charge in [0.15, 0.2) is 17.6 Å². The largest absolute Gasteiger partial charge is 0.497 e. The third-order valence-corrected chi connectivity index (χ3v) is 6.86. The zero-order chi connectivity index (χ0) is 24.6. The number of benzene rings is 3. The summed E-state index contributed by atoms with van der Waals surface area (Å²) in [4.78, 5) is 26.7. The van der Waals surface area contributed by atoms with E-state index in [9.17, 15) is 9.59 Å². The first-order valence-electron chi connectivity index (χ1n) is 11.9. The van der Waals surface area contributed by atoms with Gasteiger partial charge in [-0.3, -0.25) is 4.79 Å². The predicted octanol–water partition coefficient (Wildman–Crippen LogP) is 4.91. The van der Waals surface area contributed by atoms with Crippen LogP contribution in [0.5, 0.6) is 23.0 Å². The van der Waals surface area contributed by atoms with E-state index < -0.39 is 18.3 Å². The lowest BCUT2D eigenvalue weighted by Gasteiger charge is -2.33. The first-order valence-corrected chi connectivity index (χ1v) is 11.9. The highest BCUT2D eigenvalue weighted by atomic mass is 16.7. The van der Waals surface area contributed by atoms with Crippen molar-refractivity contribution < 1.29 is 33.3 Å². The SMILES string of the molecule is COc1ccc2c(c1)O[C@@H](c1ccc3c(c1)OCO3)[C@H](OC(=O)N[C@H]1CCCc3ccccc31)C2=O. The Kier molecular flexibility index (Phi) is 5.64. The van der Waals surface area contributed by atoms with Crippen molar-refractivity contribution in [1.29, 1.82) is 0 Å². The molecule has 8 nitrogen and oxygen atoms in total. The number of carbonyl (C=O) groups excluding carboxylic acids is 2. The predicted molar refractivity (Wildman–Crippen MR) is 129 cm³/mol. The molecule has 1 amide bonds. The third kappa shape index (κ3) is 3.98. The van der Waals surface area contributed by atoms with Crippen LogP contribution in [-0.4, -0.2) is 31.9 Å². The quantitative estimate of drug-likeness (QED) is 0.559. The van der Waals surface area contributed by atoms with Crippen molar-refractivity contribution in [2.24, 2.45) is 0 Å². The van der Waals surface area contributed by atoms with Gasteiger partial charge in [-0.05, 0) is 54.7 Å². The van der Waals surface area contributed by atoms with E-state index in [2.05, 4.69) is 11.4 Å². The van der Waals surface area contributed by atoms with Gasteiger partial charge in [0.2, 0.25) is 18.7 Å². The monoisotopic (exact) mass is 487 g/mol. The number of nitrogens with one attached hydrogen (secondary N) is 1. The number of alkyl carbamates (subject to hydrolysis) is 1. The molecule has 3 atom stereocenters. The summed E-state index contributed by atoms with van der Waals surface area (Å²) >= 11 is 0. The Balaban J connectivity index is 1.30. The Labute approximate surface area is 208 Å². The number of Topliss-reactive ketones (excluding diaryl/α,β-unsaturated/α-hetero) is 1. The first-order chi connectivity index (χ1) is 17.6. The van der Waals surface area contributed by atoms with Gasteiger partial charge in [-0.1, -0.05) is 30.3 Å². The van der Waals surface area contributed by atoms with Crippen molar-refractivity contribution in [2.75, 3.05) is 13.9 Å². The molecule has 0 bridgehead atoms. The molecule has 0 unspecified atom stereocenters. The van der Waals surface area contributed by atoms with Crippen LogP contribution in [0.3, 0.4) is 0 Å². The van der Waals surface area contributed by atoms with E-state index in [0.717, 1.165) is 24.8 Å². The first kappa shape index (κ1) is 22.3. The highest BCUT2D eigenvalue weighted by molar-refractivity contribution is 6.04. The Morgan fingerprint density at radius 1 is 1.00 bits per heavy atom. The van der Waals surface area contributed by atoms with Gasteiger partial charge in [0.25, 0.3) is 0 Å². The number of aryl methyl sites for hydroxylation is 1. The lowest BCUT2D eigenvalue weighted by atomic mass is 9.88. The molecular weight excluding hydrogens is 462 g/mol. The summed E-state index contributed by atoms with van der Waals surface area (Å²) in [7, 11) is 1.54. The van der Waals surface area contributed by atoms with E-state index in [1.165, 1.54) is 5.56 Å². The average Bonchev–Trinajstić information content (AvgIpc) is 3.38. The van der Waals surface area contributed by atoms with E-state index in [1.54, 1.807) is 43.5 Å². The van der Waals surface area contributed by atoms with Crippen LogP contribution in [0.15, 0.2) is 60.7 Å². The number of rotatable bonds is 4. The van der Waals surface area contributed by atoms with E-state index in [0.29, 0.717) is 34.1 Å². The number of ketones is 1. The van der Waals surface area contributed by atoms with E-state index in [4.69, 9.17) is 23.7 Å². The summed E-state index contributed by atoms with van der Waals surface area (Å²) in [5.74, 6) is 1.72. The number of hydrogen-bond acceptors (Lipinski definition) is 7. The van der Waals surface area contributed by atoms with Crippen molar-refractivity contribution in [1.82, 2.24) is 5.32 Å². The fourth-order valence-corrected chi connectivity index (χ4v) is 5.06. The molecule has 0 saturated carbocycles. The molecule has 0 saturated heterocycles. The van der Waals surface area contributed by atoms with Crippen LogP contribution < -0.4 is 24.3 Å². The van der Waals surface area contributed by atoms with Gasteiger partial charge < -0.3 is 29.0 Å². The van der Waals surface area contributed by atoms with E-state index in [-0.39, 0.29) is 18.6 Å². The Hall–Kier alpha value is -4.20. The van der Waals surface area contributed by atoms with Crippen LogP contribution in [0, 0.1) is 0 Å². The smallest absolute Gasteiger partial charge is 0.408 e. The summed E-state index contributed by atoms with van der Waals surface area (Å²) in [6.07, 6.45) is 0.00494. The Bertz CT molecular complexity index is 1340. The zero-order valence-electron chi connectivity index (χ0n) is 19.7. The summed E-state index contributed by atoms with van der Waals surface area (Å²) in [5, 5.41) is 2.97. The molecule has 3 aromatic rings. The maximum Gasteiger partial charge on any atom is 0.408 e. The minimum absolute atomic E-state index is 0.120. The number of amides is 1. The molecule has 6 rings (SSSR count). The molecule has 1 N–H and O–H groups in total. The minimum atomic E-state index is -1.19. The standard InChI is InChI=1S/C28H25NO7/c1-32-18-10-11-20-23(14-18)35-26(17-9-12-22-24(13-17)34-15-33-22)27(25(20)30)36-28(31)29-21-8-4-6-16-5-2-3-7-19(16)21/h2-3,5,7,9-14,21,26-27H,4,6,8,15H2,1H3,(H,29,31)/t21-,26-,27+/m0/s1. The average molecular weight is 488 g/mol.